The number of piperidine rings is 1. The Morgan fingerprint density at radius 3 is 2.83 bits per heavy atom. The molecular weight excluding hydrogens is 288 g/mol. The SMILES string of the molecule is Cc1nc(-c2cccnc2)nc(N2CCCC(C(C)O)C2)c1C. The summed E-state index contributed by atoms with van der Waals surface area (Å²) < 4.78 is 0. The number of aryl methyl sites for hydroxylation is 1. The topological polar surface area (TPSA) is 62.1 Å². The summed E-state index contributed by atoms with van der Waals surface area (Å²) in [5.41, 5.74) is 3.04. The first-order chi connectivity index (χ1) is 11.1. The smallest absolute Gasteiger partial charge is 0.163 e. The summed E-state index contributed by atoms with van der Waals surface area (Å²) in [6.45, 7) is 7.81. The highest BCUT2D eigenvalue weighted by atomic mass is 16.3. The summed E-state index contributed by atoms with van der Waals surface area (Å²) in [6, 6.07) is 3.88. The fourth-order valence-electron chi connectivity index (χ4n) is 3.14. The predicted molar refractivity (Wildman–Crippen MR) is 91.4 cm³/mol. The van der Waals surface area contributed by atoms with Crippen LogP contribution >= 0.6 is 0 Å². The molecule has 1 fully saturated rings. The number of aliphatic hydroxyl groups excluding tert-OH is 1. The molecule has 3 rings (SSSR count). The van der Waals surface area contributed by atoms with E-state index in [1.54, 1.807) is 12.4 Å². The first-order valence-electron chi connectivity index (χ1n) is 8.25. The Balaban J connectivity index is 1.97. The lowest BCUT2D eigenvalue weighted by atomic mass is 9.93. The van der Waals surface area contributed by atoms with Crippen LogP contribution in [0.15, 0.2) is 24.5 Å². The molecule has 122 valence electrons. The molecule has 1 aliphatic rings. The van der Waals surface area contributed by atoms with Crippen molar-refractivity contribution in [1.82, 2.24) is 15.0 Å². The van der Waals surface area contributed by atoms with Crippen molar-refractivity contribution in [2.75, 3.05) is 18.0 Å². The van der Waals surface area contributed by atoms with Gasteiger partial charge in [0.2, 0.25) is 0 Å². The summed E-state index contributed by atoms with van der Waals surface area (Å²) >= 11 is 0. The number of nitrogens with zero attached hydrogens (tertiary/aromatic N) is 4. The molecule has 3 heterocycles. The maximum atomic E-state index is 9.93. The van der Waals surface area contributed by atoms with Gasteiger partial charge in [0.1, 0.15) is 5.82 Å². The third-order valence-corrected chi connectivity index (χ3v) is 4.72. The van der Waals surface area contributed by atoms with E-state index in [-0.39, 0.29) is 6.10 Å². The molecular formula is C18H24N4O. The third kappa shape index (κ3) is 3.34. The van der Waals surface area contributed by atoms with Gasteiger partial charge < -0.3 is 10.0 Å². The van der Waals surface area contributed by atoms with Crippen LogP contribution in [0.4, 0.5) is 5.82 Å². The Labute approximate surface area is 137 Å². The molecule has 0 bridgehead atoms. The summed E-state index contributed by atoms with van der Waals surface area (Å²) in [6.07, 6.45) is 5.43. The van der Waals surface area contributed by atoms with Gasteiger partial charge in [-0.2, -0.15) is 0 Å². The van der Waals surface area contributed by atoms with Gasteiger partial charge in [-0.3, -0.25) is 4.98 Å². The van der Waals surface area contributed by atoms with Crippen LogP contribution in [0.2, 0.25) is 0 Å². The first-order valence-corrected chi connectivity index (χ1v) is 8.25. The van der Waals surface area contributed by atoms with Gasteiger partial charge in [-0.05, 0) is 45.7 Å². The molecule has 0 aromatic carbocycles. The molecule has 0 radical (unpaired) electrons. The summed E-state index contributed by atoms with van der Waals surface area (Å²) in [7, 11) is 0. The second kappa shape index (κ2) is 6.62. The zero-order chi connectivity index (χ0) is 16.4. The van der Waals surface area contributed by atoms with Crippen LogP contribution in [0.25, 0.3) is 11.4 Å². The molecule has 0 spiro atoms. The standard InChI is InChI=1S/C18H24N4O/c1-12-13(2)20-17(15-6-4-8-19-10-15)21-18(12)22-9-5-7-16(11-22)14(3)23/h4,6,8,10,14,16,23H,5,7,9,11H2,1-3H3. The minimum Gasteiger partial charge on any atom is -0.393 e. The number of hydrogen-bond donors (Lipinski definition) is 1. The number of hydrogen-bond acceptors (Lipinski definition) is 5. The molecule has 2 atom stereocenters. The van der Waals surface area contributed by atoms with Gasteiger partial charge >= 0.3 is 0 Å². The maximum Gasteiger partial charge on any atom is 0.163 e. The average Bonchev–Trinajstić information content (AvgIpc) is 2.58. The summed E-state index contributed by atoms with van der Waals surface area (Å²) in [5, 5.41) is 9.93. The highest BCUT2D eigenvalue weighted by molar-refractivity contribution is 5.59. The molecule has 1 N–H and O–H groups in total. The monoisotopic (exact) mass is 312 g/mol. The van der Waals surface area contributed by atoms with Crippen molar-refractivity contribution < 1.29 is 5.11 Å². The van der Waals surface area contributed by atoms with Gasteiger partial charge in [0, 0.05) is 48.2 Å². The van der Waals surface area contributed by atoms with Crippen molar-refractivity contribution in [2.24, 2.45) is 5.92 Å². The van der Waals surface area contributed by atoms with Crippen molar-refractivity contribution in [3.05, 3.63) is 35.8 Å². The van der Waals surface area contributed by atoms with E-state index >= 15 is 0 Å². The Morgan fingerprint density at radius 2 is 2.13 bits per heavy atom. The zero-order valence-electron chi connectivity index (χ0n) is 14.0. The van der Waals surface area contributed by atoms with Crippen LogP contribution < -0.4 is 4.90 Å². The fourth-order valence-corrected chi connectivity index (χ4v) is 3.14. The molecule has 2 unspecified atom stereocenters. The van der Waals surface area contributed by atoms with Gasteiger partial charge in [0.05, 0.1) is 6.10 Å². The van der Waals surface area contributed by atoms with Gasteiger partial charge in [-0.1, -0.05) is 0 Å². The number of aliphatic hydroxyl groups is 1. The Hall–Kier alpha value is -2.01. The van der Waals surface area contributed by atoms with E-state index in [2.05, 4.69) is 21.8 Å². The maximum absolute atomic E-state index is 9.93. The molecule has 2 aromatic heterocycles. The van der Waals surface area contributed by atoms with Crippen LogP contribution in [-0.4, -0.2) is 39.3 Å². The predicted octanol–water partition coefficient (Wildman–Crippen LogP) is 2.75. The molecule has 23 heavy (non-hydrogen) atoms. The molecule has 0 amide bonds. The number of rotatable bonds is 3. The molecule has 5 nitrogen and oxygen atoms in total. The number of aromatic nitrogens is 3. The van der Waals surface area contributed by atoms with Gasteiger partial charge in [-0.15, -0.1) is 0 Å². The van der Waals surface area contributed by atoms with Crippen LogP contribution in [0, 0.1) is 19.8 Å². The normalized spacial score (nSPS) is 19.7. The van der Waals surface area contributed by atoms with Crippen LogP contribution in [0.1, 0.15) is 31.0 Å². The lowest BCUT2D eigenvalue weighted by molar-refractivity contribution is 0.115. The van der Waals surface area contributed by atoms with E-state index < -0.39 is 0 Å². The van der Waals surface area contributed by atoms with E-state index in [4.69, 9.17) is 4.98 Å². The van der Waals surface area contributed by atoms with Gasteiger partial charge in [-0.25, -0.2) is 9.97 Å². The molecule has 1 aliphatic heterocycles. The largest absolute Gasteiger partial charge is 0.393 e. The molecule has 0 saturated carbocycles. The molecule has 0 aliphatic carbocycles. The van der Waals surface area contributed by atoms with E-state index in [0.717, 1.165) is 54.4 Å². The van der Waals surface area contributed by atoms with Crippen LogP contribution in [0.3, 0.4) is 0 Å². The van der Waals surface area contributed by atoms with Gasteiger partial charge in [0.25, 0.3) is 0 Å². The van der Waals surface area contributed by atoms with Crippen molar-refractivity contribution in [1.29, 1.82) is 0 Å². The molecule has 1 saturated heterocycles. The van der Waals surface area contributed by atoms with Crippen molar-refractivity contribution in [3.63, 3.8) is 0 Å². The van der Waals surface area contributed by atoms with Crippen LogP contribution in [0.5, 0.6) is 0 Å². The highest BCUT2D eigenvalue weighted by Gasteiger charge is 2.26. The van der Waals surface area contributed by atoms with E-state index in [9.17, 15) is 5.11 Å². The summed E-state index contributed by atoms with van der Waals surface area (Å²) in [5.74, 6) is 2.01. The average molecular weight is 312 g/mol. The Kier molecular flexibility index (Phi) is 4.57. The van der Waals surface area contributed by atoms with Gasteiger partial charge in [0.15, 0.2) is 5.82 Å². The molecule has 5 heteroatoms. The lowest BCUT2D eigenvalue weighted by Crippen LogP contribution is -2.40. The third-order valence-electron chi connectivity index (χ3n) is 4.72. The van der Waals surface area contributed by atoms with E-state index in [0.29, 0.717) is 5.92 Å². The van der Waals surface area contributed by atoms with E-state index in [1.807, 2.05) is 26.0 Å². The van der Waals surface area contributed by atoms with Crippen molar-refractivity contribution in [2.45, 2.75) is 39.7 Å². The second-order valence-corrected chi connectivity index (χ2v) is 6.41. The van der Waals surface area contributed by atoms with E-state index in [1.165, 1.54) is 0 Å². The van der Waals surface area contributed by atoms with Crippen LogP contribution in [-0.2, 0) is 0 Å². The number of anilines is 1. The second-order valence-electron chi connectivity index (χ2n) is 6.41. The minimum absolute atomic E-state index is 0.279. The summed E-state index contributed by atoms with van der Waals surface area (Å²) in [4.78, 5) is 15.9. The lowest BCUT2D eigenvalue weighted by Gasteiger charge is -2.36. The molecule has 2 aromatic rings. The quantitative estimate of drug-likeness (QED) is 0.944. The number of pyridine rings is 1. The van der Waals surface area contributed by atoms with Crippen molar-refractivity contribution >= 4 is 5.82 Å². The Bertz CT molecular complexity index is 672. The Morgan fingerprint density at radius 1 is 1.30 bits per heavy atom. The highest BCUT2D eigenvalue weighted by Crippen LogP contribution is 2.29. The first kappa shape index (κ1) is 15.9. The minimum atomic E-state index is -0.279. The zero-order valence-corrected chi connectivity index (χ0v) is 14.0. The van der Waals surface area contributed by atoms with Crippen molar-refractivity contribution in [3.8, 4) is 11.4 Å². The fraction of sp³-hybridized carbons (Fsp3) is 0.500.